The van der Waals surface area contributed by atoms with E-state index in [1.807, 2.05) is 12.1 Å². The summed E-state index contributed by atoms with van der Waals surface area (Å²) < 4.78 is 5.63. The molecule has 0 aromatic heterocycles. The maximum Gasteiger partial charge on any atom is 0.241 e. The molecule has 0 bridgehead atoms. The van der Waals surface area contributed by atoms with E-state index in [1.165, 1.54) is 22.0 Å². The van der Waals surface area contributed by atoms with E-state index < -0.39 is 0 Å². The summed E-state index contributed by atoms with van der Waals surface area (Å²) in [7, 11) is 1.72. The number of para-hydroxylation sites is 1. The molecule has 0 saturated carbocycles. The molecule has 0 saturated heterocycles. The average Bonchev–Trinajstić information content (AvgIpc) is 2.81. The van der Waals surface area contributed by atoms with Crippen LogP contribution in [0.1, 0.15) is 11.1 Å². The number of methoxy groups -OCH3 is 1. The average molecular weight is 374 g/mol. The first-order valence-electron chi connectivity index (χ1n) is 9.87. The molecule has 0 heterocycles. The second-order valence-corrected chi connectivity index (χ2v) is 6.96. The largest absolute Gasteiger partial charge is 0.496 e. The van der Waals surface area contributed by atoms with Gasteiger partial charge in [-0.1, -0.05) is 132 Å². The summed E-state index contributed by atoms with van der Waals surface area (Å²) in [5, 5.41) is 0. The highest BCUT2D eigenvalue weighted by Gasteiger charge is 2.25. The molecule has 2 heteroatoms. The van der Waals surface area contributed by atoms with Gasteiger partial charge in [0.15, 0.2) is 0 Å². The summed E-state index contributed by atoms with van der Waals surface area (Å²) in [6, 6.07) is 40.2. The molecule has 0 aliphatic heterocycles. The van der Waals surface area contributed by atoms with Crippen molar-refractivity contribution in [3.63, 3.8) is 0 Å². The van der Waals surface area contributed by atoms with Gasteiger partial charge in [-0.25, -0.2) is 0 Å². The zero-order chi connectivity index (χ0) is 19.9. The van der Waals surface area contributed by atoms with Crippen LogP contribution >= 0.6 is 0 Å². The van der Waals surface area contributed by atoms with Crippen LogP contribution in [0, 0.1) is 0 Å². The van der Waals surface area contributed by atoms with Gasteiger partial charge in [-0.3, -0.25) is 0 Å². The van der Waals surface area contributed by atoms with Gasteiger partial charge in [-0.2, -0.15) is 0 Å². The van der Waals surface area contributed by atoms with Crippen molar-refractivity contribution in [3.8, 4) is 5.75 Å². The molecule has 29 heavy (non-hydrogen) atoms. The summed E-state index contributed by atoms with van der Waals surface area (Å²) in [5.41, 5.74) is 6.06. The molecular weight excluding hydrogens is 351 g/mol. The molecule has 0 unspecified atom stereocenters. The SMILES string of the molecule is COc1ccccc1/C=C(\B(c1ccccc1)c1ccccc1)c1ccccc1. The zero-order valence-electron chi connectivity index (χ0n) is 16.5. The minimum absolute atomic E-state index is 0.115. The number of rotatable bonds is 6. The molecule has 0 amide bonds. The highest BCUT2D eigenvalue weighted by molar-refractivity contribution is 7.00. The van der Waals surface area contributed by atoms with E-state index >= 15 is 0 Å². The summed E-state index contributed by atoms with van der Waals surface area (Å²) in [6.45, 7) is 0.115. The van der Waals surface area contributed by atoms with Crippen molar-refractivity contribution in [1.82, 2.24) is 0 Å². The molecule has 0 radical (unpaired) electrons. The predicted octanol–water partition coefficient (Wildman–Crippen LogP) is 5.08. The van der Waals surface area contributed by atoms with E-state index in [2.05, 4.69) is 109 Å². The van der Waals surface area contributed by atoms with Gasteiger partial charge in [0.1, 0.15) is 5.75 Å². The van der Waals surface area contributed by atoms with E-state index in [0.29, 0.717) is 0 Å². The molecule has 0 N–H and O–H groups in total. The van der Waals surface area contributed by atoms with Crippen LogP contribution in [-0.2, 0) is 0 Å². The van der Waals surface area contributed by atoms with Crippen LogP contribution in [-0.4, -0.2) is 13.8 Å². The maximum absolute atomic E-state index is 5.63. The fourth-order valence-electron chi connectivity index (χ4n) is 3.76. The first kappa shape index (κ1) is 18.8. The Hall–Kier alpha value is -3.52. The van der Waals surface area contributed by atoms with E-state index in [9.17, 15) is 0 Å². The molecule has 4 rings (SSSR count). The zero-order valence-corrected chi connectivity index (χ0v) is 16.5. The Morgan fingerprint density at radius 3 is 1.66 bits per heavy atom. The minimum Gasteiger partial charge on any atom is -0.496 e. The molecule has 4 aromatic carbocycles. The smallest absolute Gasteiger partial charge is 0.241 e. The van der Waals surface area contributed by atoms with Crippen LogP contribution in [0.2, 0.25) is 0 Å². The van der Waals surface area contributed by atoms with Crippen LogP contribution in [0.3, 0.4) is 0 Å². The van der Waals surface area contributed by atoms with Gasteiger partial charge in [-0.05, 0) is 11.6 Å². The topological polar surface area (TPSA) is 9.23 Å². The Kier molecular flexibility index (Phi) is 5.92. The molecule has 4 aromatic rings. The highest BCUT2D eigenvalue weighted by Crippen LogP contribution is 2.26. The van der Waals surface area contributed by atoms with E-state index in [-0.39, 0.29) is 6.71 Å². The molecule has 0 fully saturated rings. The van der Waals surface area contributed by atoms with Crippen molar-refractivity contribution in [2.24, 2.45) is 0 Å². The Morgan fingerprint density at radius 2 is 1.10 bits per heavy atom. The summed E-state index contributed by atoms with van der Waals surface area (Å²) in [5.74, 6) is 0.876. The molecule has 0 spiro atoms. The lowest BCUT2D eigenvalue weighted by molar-refractivity contribution is 0.414. The first-order chi connectivity index (χ1) is 14.4. The Bertz CT molecular complexity index is 1030. The second kappa shape index (κ2) is 9.12. The Labute approximate surface area is 173 Å². The number of ether oxygens (including phenoxy) is 1. The molecule has 0 aliphatic rings. The molecule has 0 atom stereocenters. The van der Waals surface area contributed by atoms with E-state index in [1.54, 1.807) is 7.11 Å². The van der Waals surface area contributed by atoms with Gasteiger partial charge in [0.25, 0.3) is 0 Å². The highest BCUT2D eigenvalue weighted by atomic mass is 16.5. The third-order valence-electron chi connectivity index (χ3n) is 5.13. The van der Waals surface area contributed by atoms with Gasteiger partial charge in [0.05, 0.1) is 7.11 Å². The fraction of sp³-hybridized carbons (Fsp3) is 0.0370. The monoisotopic (exact) mass is 374 g/mol. The van der Waals surface area contributed by atoms with Gasteiger partial charge >= 0.3 is 0 Å². The van der Waals surface area contributed by atoms with Gasteiger partial charge in [0.2, 0.25) is 6.71 Å². The lowest BCUT2D eigenvalue weighted by Crippen LogP contribution is -2.43. The third-order valence-corrected chi connectivity index (χ3v) is 5.13. The fourth-order valence-corrected chi connectivity index (χ4v) is 3.76. The Balaban J connectivity index is 1.96. The predicted molar refractivity (Wildman–Crippen MR) is 125 cm³/mol. The standard InChI is InChI=1S/C27H23BO/c1-29-27-20-12-11-15-23(27)21-26(22-13-5-2-6-14-22)28(24-16-7-3-8-17-24)25-18-9-4-10-19-25/h2-21H,1H3/b26-21-. The van der Waals surface area contributed by atoms with E-state index in [4.69, 9.17) is 4.74 Å². The maximum atomic E-state index is 5.63. The molecule has 140 valence electrons. The van der Waals surface area contributed by atoms with E-state index in [0.717, 1.165) is 11.3 Å². The van der Waals surface area contributed by atoms with Gasteiger partial charge in [-0.15, -0.1) is 0 Å². The normalized spacial score (nSPS) is 11.1. The third kappa shape index (κ3) is 4.33. The van der Waals surface area contributed by atoms with Crippen molar-refractivity contribution < 1.29 is 4.74 Å². The lowest BCUT2D eigenvalue weighted by Gasteiger charge is -2.20. The van der Waals surface area contributed by atoms with Gasteiger partial charge in [0, 0.05) is 5.56 Å². The summed E-state index contributed by atoms with van der Waals surface area (Å²) in [4.78, 5) is 0. The minimum atomic E-state index is 0.115. The van der Waals surface area contributed by atoms with Crippen molar-refractivity contribution in [1.29, 1.82) is 0 Å². The molecule has 0 aliphatic carbocycles. The summed E-state index contributed by atoms with van der Waals surface area (Å²) in [6.07, 6.45) is 2.26. The van der Waals surface area contributed by atoms with Crippen molar-refractivity contribution in [3.05, 3.63) is 126 Å². The first-order valence-corrected chi connectivity index (χ1v) is 9.87. The summed E-state index contributed by atoms with van der Waals surface area (Å²) >= 11 is 0. The quantitative estimate of drug-likeness (QED) is 0.338. The van der Waals surface area contributed by atoms with Crippen LogP contribution in [0.5, 0.6) is 5.75 Å². The van der Waals surface area contributed by atoms with Crippen LogP contribution < -0.4 is 15.7 Å². The molecule has 1 nitrogen and oxygen atoms in total. The van der Waals surface area contributed by atoms with Crippen molar-refractivity contribution in [2.75, 3.05) is 7.11 Å². The van der Waals surface area contributed by atoms with Gasteiger partial charge < -0.3 is 4.74 Å². The van der Waals surface area contributed by atoms with Crippen LogP contribution in [0.25, 0.3) is 11.5 Å². The van der Waals surface area contributed by atoms with Crippen LogP contribution in [0.4, 0.5) is 0 Å². The number of hydrogen-bond donors (Lipinski definition) is 0. The second-order valence-electron chi connectivity index (χ2n) is 6.96. The number of benzene rings is 4. The Morgan fingerprint density at radius 1 is 0.621 bits per heavy atom. The van der Waals surface area contributed by atoms with Crippen LogP contribution in [0.15, 0.2) is 115 Å². The molecular formula is C27H23BO. The lowest BCUT2D eigenvalue weighted by atomic mass is 9.35. The van der Waals surface area contributed by atoms with Crippen molar-refractivity contribution >= 4 is 29.2 Å². The number of hydrogen-bond acceptors (Lipinski definition) is 1. The van der Waals surface area contributed by atoms with Crippen molar-refractivity contribution in [2.45, 2.75) is 0 Å².